The highest BCUT2D eigenvalue weighted by Crippen LogP contribution is 2.33. The van der Waals surface area contributed by atoms with Gasteiger partial charge in [-0.2, -0.15) is 0 Å². The number of anilines is 1. The van der Waals surface area contributed by atoms with Gasteiger partial charge in [-0.3, -0.25) is 0 Å². The minimum atomic E-state index is -0.413. The number of pyridine rings is 1. The summed E-state index contributed by atoms with van der Waals surface area (Å²) >= 11 is 7.44. The zero-order chi connectivity index (χ0) is 22.5. The van der Waals surface area contributed by atoms with Crippen molar-refractivity contribution in [1.82, 2.24) is 4.98 Å². The second-order valence-electron chi connectivity index (χ2n) is 6.92. The van der Waals surface area contributed by atoms with Crippen LogP contribution in [0.3, 0.4) is 0 Å². The van der Waals surface area contributed by atoms with Crippen molar-refractivity contribution in [2.75, 3.05) is 12.3 Å². The van der Waals surface area contributed by atoms with Crippen LogP contribution in [0.1, 0.15) is 28.4 Å². The summed E-state index contributed by atoms with van der Waals surface area (Å²) in [6.07, 6.45) is 1.46. The van der Waals surface area contributed by atoms with E-state index in [0.29, 0.717) is 46.5 Å². The molecule has 0 unspecified atom stereocenters. The number of nitrogen functional groups attached to an aromatic ring is 1. The summed E-state index contributed by atoms with van der Waals surface area (Å²) in [7, 11) is 0. The number of thiophene rings is 1. The molecule has 0 fully saturated rings. The minimum absolute atomic E-state index is 0.274. The third-order valence-corrected chi connectivity index (χ3v) is 5.99. The van der Waals surface area contributed by atoms with Crippen molar-refractivity contribution in [1.29, 1.82) is 0 Å². The number of ether oxygens (including phenoxy) is 3. The fourth-order valence-electron chi connectivity index (χ4n) is 3.20. The van der Waals surface area contributed by atoms with Crippen LogP contribution in [0.25, 0.3) is 10.1 Å². The van der Waals surface area contributed by atoms with Gasteiger partial charge in [0.1, 0.15) is 30.5 Å². The van der Waals surface area contributed by atoms with E-state index in [0.717, 1.165) is 15.8 Å². The van der Waals surface area contributed by atoms with E-state index < -0.39 is 5.97 Å². The molecule has 0 aliphatic carbocycles. The van der Waals surface area contributed by atoms with E-state index in [2.05, 4.69) is 4.98 Å². The lowest BCUT2D eigenvalue weighted by Crippen LogP contribution is -2.06. The van der Waals surface area contributed by atoms with Gasteiger partial charge in [-0.05, 0) is 42.1 Å². The van der Waals surface area contributed by atoms with Crippen LogP contribution >= 0.6 is 22.9 Å². The summed E-state index contributed by atoms with van der Waals surface area (Å²) in [4.78, 5) is 16.4. The molecular weight excluding hydrogens is 448 g/mol. The summed E-state index contributed by atoms with van der Waals surface area (Å²) in [5, 5.41) is 3.31. The number of halogens is 1. The van der Waals surface area contributed by atoms with Crippen LogP contribution in [-0.4, -0.2) is 17.6 Å². The SMILES string of the molecule is CCOC(=O)c1cnc(N)c2c(COc3cccc(OCc4cccc(Cl)c4)c3)csc12. The van der Waals surface area contributed by atoms with Crippen molar-refractivity contribution in [2.24, 2.45) is 0 Å². The zero-order valence-electron chi connectivity index (χ0n) is 17.3. The Bertz CT molecular complexity index is 1260. The van der Waals surface area contributed by atoms with Gasteiger partial charge in [0.05, 0.1) is 16.9 Å². The van der Waals surface area contributed by atoms with E-state index in [1.54, 1.807) is 6.92 Å². The zero-order valence-corrected chi connectivity index (χ0v) is 18.9. The molecule has 0 radical (unpaired) electrons. The molecule has 4 rings (SSSR count). The quantitative estimate of drug-likeness (QED) is 0.326. The van der Waals surface area contributed by atoms with Gasteiger partial charge < -0.3 is 19.9 Å². The predicted molar refractivity (Wildman–Crippen MR) is 127 cm³/mol. The van der Waals surface area contributed by atoms with Crippen molar-refractivity contribution in [3.8, 4) is 11.5 Å². The Morgan fingerprint density at radius 2 is 1.84 bits per heavy atom. The van der Waals surface area contributed by atoms with E-state index in [4.69, 9.17) is 31.5 Å². The highest BCUT2D eigenvalue weighted by atomic mass is 35.5. The molecule has 8 heteroatoms. The topological polar surface area (TPSA) is 83.7 Å². The van der Waals surface area contributed by atoms with Crippen LogP contribution in [0, 0.1) is 0 Å². The van der Waals surface area contributed by atoms with Gasteiger partial charge in [0.2, 0.25) is 0 Å². The summed E-state index contributed by atoms with van der Waals surface area (Å²) in [6, 6.07) is 14.9. The largest absolute Gasteiger partial charge is 0.489 e. The van der Waals surface area contributed by atoms with Crippen LogP contribution in [0.4, 0.5) is 5.82 Å². The Morgan fingerprint density at radius 1 is 1.09 bits per heavy atom. The number of rotatable bonds is 8. The van der Waals surface area contributed by atoms with E-state index in [1.165, 1.54) is 17.5 Å². The van der Waals surface area contributed by atoms with E-state index >= 15 is 0 Å². The number of fused-ring (bicyclic) bond motifs is 1. The average molecular weight is 469 g/mol. The maximum Gasteiger partial charge on any atom is 0.341 e. The molecule has 4 aromatic rings. The number of hydrogen-bond acceptors (Lipinski definition) is 7. The van der Waals surface area contributed by atoms with Crippen molar-refractivity contribution >= 4 is 44.8 Å². The van der Waals surface area contributed by atoms with Gasteiger partial charge in [-0.1, -0.05) is 29.8 Å². The van der Waals surface area contributed by atoms with Gasteiger partial charge >= 0.3 is 5.97 Å². The maximum absolute atomic E-state index is 12.2. The lowest BCUT2D eigenvalue weighted by molar-refractivity contribution is 0.0528. The third-order valence-electron chi connectivity index (χ3n) is 4.69. The molecule has 6 nitrogen and oxygen atoms in total. The van der Waals surface area contributed by atoms with Crippen LogP contribution in [0.5, 0.6) is 11.5 Å². The van der Waals surface area contributed by atoms with Crippen LogP contribution in [-0.2, 0) is 18.0 Å². The number of carbonyl (C=O) groups excluding carboxylic acids is 1. The van der Waals surface area contributed by atoms with Crippen LogP contribution in [0.15, 0.2) is 60.1 Å². The number of carbonyl (C=O) groups is 1. The molecule has 2 heterocycles. The molecule has 0 spiro atoms. The molecule has 0 saturated heterocycles. The monoisotopic (exact) mass is 468 g/mol. The molecule has 0 bridgehead atoms. The molecule has 0 amide bonds. The third kappa shape index (κ3) is 4.95. The van der Waals surface area contributed by atoms with E-state index in [9.17, 15) is 4.79 Å². The molecular formula is C24H21ClN2O4S. The van der Waals surface area contributed by atoms with Gasteiger partial charge in [0, 0.05) is 28.2 Å². The maximum atomic E-state index is 12.2. The predicted octanol–water partition coefficient (Wildman–Crippen LogP) is 5.87. The van der Waals surface area contributed by atoms with E-state index in [1.807, 2.05) is 53.9 Å². The number of hydrogen-bond donors (Lipinski definition) is 1. The highest BCUT2D eigenvalue weighted by Gasteiger charge is 2.18. The van der Waals surface area contributed by atoms with Crippen LogP contribution in [0.2, 0.25) is 5.02 Å². The fourth-order valence-corrected chi connectivity index (χ4v) is 4.47. The molecule has 0 aliphatic rings. The number of benzene rings is 2. The Hall–Kier alpha value is -3.29. The Labute approximate surface area is 194 Å². The van der Waals surface area contributed by atoms with Crippen molar-refractivity contribution < 1.29 is 19.0 Å². The first kappa shape index (κ1) is 21.9. The molecule has 164 valence electrons. The summed E-state index contributed by atoms with van der Waals surface area (Å²) in [6.45, 7) is 2.73. The normalized spacial score (nSPS) is 10.8. The lowest BCUT2D eigenvalue weighted by atomic mass is 10.1. The summed E-state index contributed by atoms with van der Waals surface area (Å²) in [5.74, 6) is 1.28. The molecule has 0 atom stereocenters. The number of esters is 1. The second-order valence-corrected chi connectivity index (χ2v) is 8.24. The number of nitrogens with two attached hydrogens (primary N) is 1. The first-order valence-electron chi connectivity index (χ1n) is 9.97. The Morgan fingerprint density at radius 3 is 2.59 bits per heavy atom. The van der Waals surface area contributed by atoms with Crippen molar-refractivity contribution in [3.05, 3.63) is 81.8 Å². The molecule has 2 aromatic carbocycles. The van der Waals surface area contributed by atoms with Crippen molar-refractivity contribution in [2.45, 2.75) is 20.1 Å². The first-order chi connectivity index (χ1) is 15.5. The Kier molecular flexibility index (Phi) is 6.78. The molecule has 32 heavy (non-hydrogen) atoms. The smallest absolute Gasteiger partial charge is 0.341 e. The molecule has 0 aliphatic heterocycles. The Balaban J connectivity index is 1.47. The fraction of sp³-hybridized carbons (Fsp3) is 0.167. The standard InChI is InChI=1S/C24H21ClN2O4S/c1-2-29-24(28)20-11-27-23(26)21-16(14-32-22(20)21)13-31-19-8-4-7-18(10-19)30-12-15-5-3-6-17(25)9-15/h3-11,14H,2,12-13H2,1H3,(H2,26,27). The van der Waals surface area contributed by atoms with Gasteiger partial charge in [0.15, 0.2) is 0 Å². The number of aromatic nitrogens is 1. The van der Waals surface area contributed by atoms with Gasteiger partial charge in [-0.15, -0.1) is 11.3 Å². The lowest BCUT2D eigenvalue weighted by Gasteiger charge is -2.10. The first-order valence-corrected chi connectivity index (χ1v) is 11.2. The van der Waals surface area contributed by atoms with Gasteiger partial charge in [0.25, 0.3) is 0 Å². The van der Waals surface area contributed by atoms with Crippen molar-refractivity contribution in [3.63, 3.8) is 0 Å². The second kappa shape index (κ2) is 9.89. The average Bonchev–Trinajstić information content (AvgIpc) is 3.22. The summed E-state index contributed by atoms with van der Waals surface area (Å²) in [5.41, 5.74) is 8.34. The highest BCUT2D eigenvalue weighted by molar-refractivity contribution is 7.17. The number of nitrogens with zero attached hydrogens (tertiary/aromatic N) is 1. The molecule has 2 aromatic heterocycles. The van der Waals surface area contributed by atoms with E-state index in [-0.39, 0.29) is 6.61 Å². The molecule has 2 N–H and O–H groups in total. The molecule has 0 saturated carbocycles. The summed E-state index contributed by atoms with van der Waals surface area (Å²) < 4.78 is 17.7. The van der Waals surface area contributed by atoms with Gasteiger partial charge in [-0.25, -0.2) is 9.78 Å². The van der Waals surface area contributed by atoms with Crippen LogP contribution < -0.4 is 15.2 Å². The minimum Gasteiger partial charge on any atom is -0.489 e.